The molecule has 1 unspecified atom stereocenters. The van der Waals surface area contributed by atoms with Crippen molar-refractivity contribution in [3.63, 3.8) is 0 Å². The summed E-state index contributed by atoms with van der Waals surface area (Å²) in [7, 11) is 1.80. The maximum Gasteiger partial charge on any atom is 0.306 e. The second-order valence-corrected chi connectivity index (χ2v) is 18.6. The van der Waals surface area contributed by atoms with Crippen LogP contribution in [-0.2, 0) is 29.7 Å². The minimum atomic E-state index is -0.916. The number of carboxylic acids is 2. The fraction of sp³-hybridized carbons (Fsp3) is 0.400. The third-order valence-corrected chi connectivity index (χ3v) is 13.4. The summed E-state index contributed by atoms with van der Waals surface area (Å²) in [6.07, 6.45) is 8.25. The lowest BCUT2D eigenvalue weighted by Gasteiger charge is -2.33. The Kier molecular flexibility index (Phi) is 13.3. The Balaban J connectivity index is 0.887. The molecule has 3 fully saturated rings. The number of carbonyl (C=O) groups is 2. The van der Waals surface area contributed by atoms with Crippen LogP contribution in [0.5, 0.6) is 11.6 Å². The highest BCUT2D eigenvalue weighted by Crippen LogP contribution is 2.40. The largest absolute Gasteiger partial charge is 0.488 e. The molecule has 0 saturated heterocycles. The number of aromatic nitrogens is 12. The number of rotatable bonds is 17. The van der Waals surface area contributed by atoms with Gasteiger partial charge >= 0.3 is 11.9 Å². The van der Waals surface area contributed by atoms with Gasteiger partial charge in [0.25, 0.3) is 0 Å². The first-order valence-electron chi connectivity index (χ1n) is 23.9. The summed E-state index contributed by atoms with van der Waals surface area (Å²) in [5.41, 5.74) is 5.43. The zero-order valence-corrected chi connectivity index (χ0v) is 39.4. The zero-order valence-electron chi connectivity index (χ0n) is 39.4. The highest BCUT2D eigenvalue weighted by molar-refractivity contribution is 5.73. The number of ether oxygens (including phenoxy) is 2. The lowest BCUT2D eigenvalue weighted by Crippen LogP contribution is -2.36. The summed E-state index contributed by atoms with van der Waals surface area (Å²) < 4.78 is 31.0. The van der Waals surface area contributed by atoms with Gasteiger partial charge in [0.15, 0.2) is 11.5 Å². The molecule has 366 valence electrons. The molecular weight excluding hydrogens is 912 g/mol. The maximum atomic E-state index is 14.8. The Morgan fingerprint density at radius 3 is 2.35 bits per heavy atom. The van der Waals surface area contributed by atoms with Crippen LogP contribution in [0.4, 0.5) is 22.0 Å². The number of aliphatic carboxylic acids is 2. The normalized spacial score (nSPS) is 20.0. The maximum absolute atomic E-state index is 14.8. The number of aryl methyl sites for hydroxylation is 3. The van der Waals surface area contributed by atoms with Crippen LogP contribution in [0.3, 0.4) is 0 Å². The number of hydrogen-bond acceptors (Lipinski definition) is 16. The van der Waals surface area contributed by atoms with E-state index in [0.29, 0.717) is 125 Å². The molecule has 21 heteroatoms. The predicted molar refractivity (Wildman–Crippen MR) is 256 cm³/mol. The molecule has 71 heavy (non-hydrogen) atoms. The van der Waals surface area contributed by atoms with Gasteiger partial charge in [0, 0.05) is 37.0 Å². The van der Waals surface area contributed by atoms with E-state index in [2.05, 4.69) is 46.2 Å². The van der Waals surface area contributed by atoms with Crippen LogP contribution in [-0.4, -0.2) is 94.3 Å². The molecule has 1 aromatic carbocycles. The average Bonchev–Trinajstić information content (AvgIpc) is 4.06. The van der Waals surface area contributed by atoms with Crippen LogP contribution in [0.2, 0.25) is 0 Å². The number of anilines is 3. The van der Waals surface area contributed by atoms with Crippen molar-refractivity contribution in [1.82, 2.24) is 59.9 Å². The van der Waals surface area contributed by atoms with Gasteiger partial charge in [-0.3, -0.25) is 9.59 Å². The Labute approximate surface area is 407 Å². The summed E-state index contributed by atoms with van der Waals surface area (Å²) in [5.74, 6) is -0.634. The van der Waals surface area contributed by atoms with E-state index in [-0.39, 0.29) is 24.5 Å². The van der Waals surface area contributed by atoms with Crippen LogP contribution in [0, 0.1) is 37.4 Å². The first-order valence-corrected chi connectivity index (χ1v) is 23.9. The van der Waals surface area contributed by atoms with Crippen molar-refractivity contribution in [3.05, 3.63) is 102 Å². The molecule has 10 rings (SSSR count). The van der Waals surface area contributed by atoms with Crippen molar-refractivity contribution in [1.29, 1.82) is 0 Å². The highest BCUT2D eigenvalue weighted by Gasteiger charge is 2.36. The number of hydrogen-bond donors (Lipinski definition) is 4. The van der Waals surface area contributed by atoms with Crippen molar-refractivity contribution in [2.45, 2.75) is 103 Å². The molecule has 0 radical (unpaired) electrons. The number of nitrogens with one attached hydrogen (secondary N) is 2. The van der Waals surface area contributed by atoms with Crippen LogP contribution in [0.1, 0.15) is 86.5 Å². The van der Waals surface area contributed by atoms with Gasteiger partial charge in [-0.1, -0.05) is 28.6 Å². The first kappa shape index (κ1) is 46.7. The molecule has 0 amide bonds. The second-order valence-electron chi connectivity index (χ2n) is 18.6. The van der Waals surface area contributed by atoms with Gasteiger partial charge in [-0.25, -0.2) is 43.7 Å². The van der Waals surface area contributed by atoms with E-state index in [1.807, 2.05) is 37.3 Å². The molecule has 0 aliphatic heterocycles. The third kappa shape index (κ3) is 10.6. The number of halogens is 1. The number of pyridine rings is 2. The fourth-order valence-corrected chi connectivity index (χ4v) is 9.59. The van der Waals surface area contributed by atoms with Crippen LogP contribution < -0.4 is 20.1 Å². The van der Waals surface area contributed by atoms with Crippen molar-refractivity contribution in [2.24, 2.45) is 24.8 Å². The molecular formula is C50H53FN14O6. The minimum Gasteiger partial charge on any atom is -0.488 e. The van der Waals surface area contributed by atoms with E-state index in [4.69, 9.17) is 24.4 Å². The van der Waals surface area contributed by atoms with Crippen molar-refractivity contribution in [3.8, 4) is 45.7 Å². The van der Waals surface area contributed by atoms with E-state index in [1.165, 1.54) is 6.07 Å². The van der Waals surface area contributed by atoms with Crippen molar-refractivity contribution < 1.29 is 33.7 Å². The molecule has 5 atom stereocenters. The monoisotopic (exact) mass is 964 g/mol. The Bertz CT molecular complexity index is 3090. The summed E-state index contributed by atoms with van der Waals surface area (Å²) in [6.45, 7) is 4.02. The zero-order chi connectivity index (χ0) is 49.2. The van der Waals surface area contributed by atoms with Gasteiger partial charge in [0.1, 0.15) is 40.6 Å². The second kappa shape index (κ2) is 20.2. The Hall–Kier alpha value is -7.97. The molecule has 4 N–H and O–H groups in total. The van der Waals surface area contributed by atoms with Gasteiger partial charge < -0.3 is 30.3 Å². The average molecular weight is 965 g/mol. The molecule has 3 aliphatic carbocycles. The summed E-state index contributed by atoms with van der Waals surface area (Å²) in [6, 6.07) is 17.6. The van der Waals surface area contributed by atoms with Crippen LogP contribution in [0.15, 0.2) is 73.1 Å². The van der Waals surface area contributed by atoms with Gasteiger partial charge in [-0.15, -0.1) is 10.2 Å². The smallest absolute Gasteiger partial charge is 0.306 e. The molecule has 7 aromatic rings. The van der Waals surface area contributed by atoms with Crippen LogP contribution in [0.25, 0.3) is 34.0 Å². The molecule has 6 heterocycles. The molecule has 3 saturated carbocycles. The molecule has 3 aliphatic rings. The lowest BCUT2D eigenvalue weighted by molar-refractivity contribution is -0.145. The van der Waals surface area contributed by atoms with Crippen molar-refractivity contribution >= 4 is 29.5 Å². The first-order chi connectivity index (χ1) is 34.4. The fourth-order valence-electron chi connectivity index (χ4n) is 9.59. The topological polar surface area (TPSA) is 256 Å². The standard InChI is InChI=1S/C50H53FN14O6/c1-27-42(17-16-39(55-27)45-46(64(3)62-61-45)59-43-13-7-12-37(57-43)30-14-15-30)70-34-21-29(20-32(23-34)49(68)69)26-65-41(25-54-50-52-19-18-38(58-50)35-10-4-5-11-36(35)51)44(60-63-65)40-24-53-47(28(2)56-40)71-33-9-6-8-31(22-33)48(66)67/h4-5,7,10-13,16-19,24,29-34H,6,8-9,14-15,20-23,25-26H2,1-3H3,(H,57,59)(H,66,67)(H,68,69)(H,52,54,58)/t29?,31-,32-,33-,34-/m0/s1. The highest BCUT2D eigenvalue weighted by atomic mass is 19.1. The van der Waals surface area contributed by atoms with Gasteiger partial charge in [-0.2, -0.15) is 0 Å². The number of carboxylic acid groups (broad SMARTS) is 2. The molecule has 0 spiro atoms. The third-order valence-electron chi connectivity index (χ3n) is 13.4. The van der Waals surface area contributed by atoms with E-state index < -0.39 is 35.7 Å². The minimum absolute atomic E-state index is 0.110. The number of benzene rings is 1. The van der Waals surface area contributed by atoms with E-state index in [0.717, 1.165) is 25.0 Å². The molecule has 0 bridgehead atoms. The van der Waals surface area contributed by atoms with E-state index in [1.54, 1.807) is 60.0 Å². The van der Waals surface area contributed by atoms with Crippen LogP contribution >= 0.6 is 0 Å². The summed E-state index contributed by atoms with van der Waals surface area (Å²) in [5, 5.41) is 44.5. The van der Waals surface area contributed by atoms with Gasteiger partial charge in [0.05, 0.1) is 53.5 Å². The SMILES string of the molecule is Cc1nc(-c2nnn(C)c2Nc2cccc(C3CC3)n2)ccc1O[C@H]1CC(Cn2nnc(-c3cnc(O[C@H]4CCC[C@H](C(=O)O)C4)c(C)n3)c2CNc2nccc(-c3ccccc3F)n2)C[C@H](C(=O)O)C1. The van der Waals surface area contributed by atoms with Gasteiger partial charge in [-0.05, 0) is 120 Å². The van der Waals surface area contributed by atoms with Crippen molar-refractivity contribution in [2.75, 3.05) is 10.6 Å². The number of nitrogens with zero attached hydrogens (tertiary/aromatic N) is 12. The Morgan fingerprint density at radius 2 is 1.56 bits per heavy atom. The molecule has 20 nitrogen and oxygen atoms in total. The quantitative estimate of drug-likeness (QED) is 0.0680. The Morgan fingerprint density at radius 1 is 0.761 bits per heavy atom. The van der Waals surface area contributed by atoms with Gasteiger partial charge in [0.2, 0.25) is 11.8 Å². The lowest BCUT2D eigenvalue weighted by atomic mass is 9.79. The molecule has 6 aromatic heterocycles. The van der Waals surface area contributed by atoms with E-state index >= 15 is 0 Å². The van der Waals surface area contributed by atoms with E-state index in [9.17, 15) is 24.2 Å². The summed E-state index contributed by atoms with van der Waals surface area (Å²) in [4.78, 5) is 52.5. The predicted octanol–water partition coefficient (Wildman–Crippen LogP) is 7.74. The summed E-state index contributed by atoms with van der Waals surface area (Å²) >= 11 is 0.